The molecule has 10 nitrogen and oxygen atoms in total. The fourth-order valence-electron chi connectivity index (χ4n) is 3.65. The molecule has 2 heterocycles. The van der Waals surface area contributed by atoms with Gasteiger partial charge in [0, 0.05) is 64.0 Å². The fraction of sp³-hybridized carbons (Fsp3) is 0.478. The van der Waals surface area contributed by atoms with E-state index in [0.29, 0.717) is 25.3 Å². The predicted octanol–water partition coefficient (Wildman–Crippen LogP) is 2.20. The van der Waals surface area contributed by atoms with E-state index in [1.54, 1.807) is 25.1 Å². The van der Waals surface area contributed by atoms with E-state index in [9.17, 15) is 18.0 Å². The van der Waals surface area contributed by atoms with Gasteiger partial charge in [0.1, 0.15) is 11.5 Å². The highest BCUT2D eigenvalue weighted by Gasteiger charge is 2.22. The second kappa shape index (κ2) is 10.9. The van der Waals surface area contributed by atoms with E-state index in [1.165, 1.54) is 17.0 Å². The van der Waals surface area contributed by atoms with Gasteiger partial charge >= 0.3 is 6.03 Å². The molecule has 0 unspecified atom stereocenters. The lowest BCUT2D eigenvalue weighted by Gasteiger charge is -2.17. The van der Waals surface area contributed by atoms with Crippen LogP contribution in [0, 0.1) is 6.92 Å². The van der Waals surface area contributed by atoms with Crippen LogP contribution < -0.4 is 15.4 Å². The van der Waals surface area contributed by atoms with Crippen LogP contribution in [0.1, 0.15) is 41.1 Å². The Morgan fingerprint density at radius 2 is 2.00 bits per heavy atom. The monoisotopic (exact) mass is 491 g/mol. The number of nitrogens with one attached hydrogen (secondary N) is 3. The number of rotatable bonds is 11. The molecule has 0 radical (unpaired) electrons. The molecule has 2 aromatic rings. The van der Waals surface area contributed by atoms with Crippen molar-refractivity contribution in [1.82, 2.24) is 19.8 Å². The number of benzene rings is 1. The smallest absolute Gasteiger partial charge is 0.317 e. The van der Waals surface area contributed by atoms with Gasteiger partial charge < -0.3 is 24.9 Å². The lowest BCUT2D eigenvalue weighted by atomic mass is 10.1. The van der Waals surface area contributed by atoms with Crippen LogP contribution >= 0.6 is 0 Å². The van der Waals surface area contributed by atoms with Gasteiger partial charge in [-0.3, -0.25) is 4.79 Å². The highest BCUT2D eigenvalue weighted by Crippen LogP contribution is 2.23. The Bertz CT molecular complexity index is 1130. The van der Waals surface area contributed by atoms with Crippen molar-refractivity contribution in [1.29, 1.82) is 0 Å². The minimum Gasteiger partial charge on any atom is -0.466 e. The Kier molecular flexibility index (Phi) is 8.21. The lowest BCUT2D eigenvalue weighted by Crippen LogP contribution is -2.36. The van der Waals surface area contributed by atoms with Gasteiger partial charge in [-0.15, -0.1) is 0 Å². The molecule has 3 amide bonds. The minimum absolute atomic E-state index is 0.0109. The summed E-state index contributed by atoms with van der Waals surface area (Å²) in [5.41, 5.74) is 0.804. The maximum absolute atomic E-state index is 13.0. The number of sulfonamides is 1. The number of hydrogen-bond acceptors (Lipinski definition) is 6. The maximum Gasteiger partial charge on any atom is 0.317 e. The highest BCUT2D eigenvalue weighted by atomic mass is 32.2. The van der Waals surface area contributed by atoms with E-state index in [-0.39, 0.29) is 41.4 Å². The minimum atomic E-state index is -3.89. The number of nitrogens with zero attached hydrogens (tertiary/aromatic N) is 2. The normalized spacial score (nSPS) is 14.7. The third-order valence-electron chi connectivity index (χ3n) is 5.64. The molecule has 1 aliphatic heterocycles. The third kappa shape index (κ3) is 6.51. The van der Waals surface area contributed by atoms with Crippen molar-refractivity contribution in [3.8, 4) is 0 Å². The van der Waals surface area contributed by atoms with Gasteiger partial charge in [-0.2, -0.15) is 0 Å². The summed E-state index contributed by atoms with van der Waals surface area (Å²) in [5.74, 6) is 1.64. The standard InChI is InChI=1S/C23H33N5O5S/c1-16(21-6-5-17(2)33-21)7-8-24-19-13-18(22(29)27(3)4)14-20(15-19)34(31,32)26-10-12-28-11-9-25-23(28)30/h5-6,13-16,24,26H,7-12H2,1-4H3,(H,25,30)/t16-/m0/s1. The van der Waals surface area contributed by atoms with Gasteiger partial charge in [-0.05, 0) is 43.7 Å². The van der Waals surface area contributed by atoms with E-state index in [2.05, 4.69) is 22.3 Å². The highest BCUT2D eigenvalue weighted by molar-refractivity contribution is 7.89. The van der Waals surface area contributed by atoms with Crippen LogP contribution in [0.5, 0.6) is 0 Å². The first-order chi connectivity index (χ1) is 16.1. The van der Waals surface area contributed by atoms with Crippen LogP contribution in [0.3, 0.4) is 0 Å². The Balaban J connectivity index is 1.71. The van der Waals surface area contributed by atoms with Crippen molar-refractivity contribution >= 4 is 27.6 Å². The molecular formula is C23H33N5O5S. The Morgan fingerprint density at radius 3 is 2.62 bits per heavy atom. The number of aryl methyl sites for hydroxylation is 1. The van der Waals surface area contributed by atoms with Gasteiger partial charge in [-0.1, -0.05) is 6.92 Å². The third-order valence-corrected chi connectivity index (χ3v) is 7.08. The second-order valence-corrected chi connectivity index (χ2v) is 10.4. The zero-order chi connectivity index (χ0) is 24.9. The quantitative estimate of drug-likeness (QED) is 0.443. The zero-order valence-corrected chi connectivity index (χ0v) is 20.9. The van der Waals surface area contributed by atoms with Crippen molar-refractivity contribution in [2.24, 2.45) is 0 Å². The van der Waals surface area contributed by atoms with Crippen molar-refractivity contribution in [2.75, 3.05) is 52.1 Å². The molecular weight excluding hydrogens is 458 g/mol. The van der Waals surface area contributed by atoms with Crippen LogP contribution in [0.25, 0.3) is 0 Å². The first kappa shape index (κ1) is 25.6. The molecule has 1 aromatic heterocycles. The molecule has 3 rings (SSSR count). The SMILES string of the molecule is Cc1ccc([C@@H](C)CCNc2cc(C(=O)N(C)C)cc(S(=O)(=O)NCCN3CCNC3=O)c2)o1. The van der Waals surface area contributed by atoms with E-state index in [1.807, 2.05) is 19.1 Å². The van der Waals surface area contributed by atoms with Gasteiger partial charge in [0.2, 0.25) is 10.0 Å². The summed E-state index contributed by atoms with van der Waals surface area (Å²) in [6.07, 6.45) is 0.761. The summed E-state index contributed by atoms with van der Waals surface area (Å²) in [5, 5.41) is 5.92. The molecule has 34 heavy (non-hydrogen) atoms. The number of carbonyl (C=O) groups is 2. The predicted molar refractivity (Wildman–Crippen MR) is 130 cm³/mol. The average molecular weight is 492 g/mol. The number of amides is 3. The topological polar surface area (TPSA) is 124 Å². The summed E-state index contributed by atoms with van der Waals surface area (Å²) in [4.78, 5) is 27.2. The van der Waals surface area contributed by atoms with Gasteiger partial charge in [0.25, 0.3) is 5.91 Å². The molecule has 1 aromatic carbocycles. The van der Waals surface area contributed by atoms with Crippen LogP contribution in [-0.2, 0) is 10.0 Å². The molecule has 0 saturated carbocycles. The molecule has 0 aliphatic carbocycles. The maximum atomic E-state index is 13.0. The van der Waals surface area contributed by atoms with Gasteiger partial charge in [-0.25, -0.2) is 17.9 Å². The number of carbonyl (C=O) groups excluding carboxylic acids is 2. The first-order valence-corrected chi connectivity index (χ1v) is 12.7. The van der Waals surface area contributed by atoms with Crippen LogP contribution in [-0.4, -0.2) is 77.0 Å². The molecule has 186 valence electrons. The van der Waals surface area contributed by atoms with Crippen molar-refractivity contribution in [3.63, 3.8) is 0 Å². The van der Waals surface area contributed by atoms with Gasteiger partial charge in [0.15, 0.2) is 0 Å². The van der Waals surface area contributed by atoms with E-state index < -0.39 is 10.0 Å². The van der Waals surface area contributed by atoms with Crippen LogP contribution in [0.2, 0.25) is 0 Å². The van der Waals surface area contributed by atoms with Crippen molar-refractivity contribution in [3.05, 3.63) is 47.4 Å². The second-order valence-electron chi connectivity index (χ2n) is 8.63. The summed E-state index contributed by atoms with van der Waals surface area (Å²) in [6.45, 7) is 5.95. The Morgan fingerprint density at radius 1 is 1.24 bits per heavy atom. The molecule has 3 N–H and O–H groups in total. The van der Waals surface area contributed by atoms with E-state index in [4.69, 9.17) is 4.42 Å². The number of urea groups is 1. The largest absolute Gasteiger partial charge is 0.466 e. The summed E-state index contributed by atoms with van der Waals surface area (Å²) in [6, 6.07) is 8.21. The molecule has 1 saturated heterocycles. The number of anilines is 1. The van der Waals surface area contributed by atoms with Gasteiger partial charge in [0.05, 0.1) is 4.90 Å². The summed E-state index contributed by atoms with van der Waals surface area (Å²) < 4.78 is 34.1. The number of furan rings is 1. The summed E-state index contributed by atoms with van der Waals surface area (Å²) in [7, 11) is -0.661. The van der Waals surface area contributed by atoms with Crippen LogP contribution in [0.4, 0.5) is 10.5 Å². The van der Waals surface area contributed by atoms with E-state index in [0.717, 1.165) is 17.9 Å². The Labute approximate surface area is 200 Å². The van der Waals surface area contributed by atoms with E-state index >= 15 is 0 Å². The average Bonchev–Trinajstić information content (AvgIpc) is 3.41. The number of hydrogen-bond donors (Lipinski definition) is 3. The molecule has 0 spiro atoms. The van der Waals surface area contributed by atoms with Crippen molar-refractivity contribution < 1.29 is 22.4 Å². The fourth-order valence-corrected chi connectivity index (χ4v) is 4.75. The zero-order valence-electron chi connectivity index (χ0n) is 20.1. The Hall–Kier alpha value is -3.05. The van der Waals surface area contributed by atoms with Crippen LogP contribution in [0.15, 0.2) is 39.6 Å². The summed E-state index contributed by atoms with van der Waals surface area (Å²) >= 11 is 0. The molecule has 1 aliphatic rings. The lowest BCUT2D eigenvalue weighted by molar-refractivity contribution is 0.0827. The molecule has 1 atom stereocenters. The molecule has 11 heteroatoms. The molecule has 0 bridgehead atoms. The molecule has 1 fully saturated rings. The first-order valence-electron chi connectivity index (χ1n) is 11.3. The van der Waals surface area contributed by atoms with Crippen molar-refractivity contribution in [2.45, 2.75) is 31.1 Å².